The van der Waals surface area contributed by atoms with E-state index in [9.17, 15) is 9.59 Å². The molecular weight excluding hydrogens is 252 g/mol. The first-order chi connectivity index (χ1) is 9.63. The van der Waals surface area contributed by atoms with Crippen molar-refractivity contribution >= 4 is 11.9 Å². The van der Waals surface area contributed by atoms with Gasteiger partial charge in [-0.15, -0.1) is 0 Å². The monoisotopic (exact) mass is 264 g/mol. The quantitative estimate of drug-likeness (QED) is 0.715. The summed E-state index contributed by atoms with van der Waals surface area (Å²) in [5.41, 5.74) is 3.67. The van der Waals surface area contributed by atoms with Crippen molar-refractivity contribution in [3.8, 4) is 11.1 Å². The second-order valence-corrected chi connectivity index (χ2v) is 5.25. The Morgan fingerprint density at radius 2 is 1.70 bits per heavy atom. The van der Waals surface area contributed by atoms with E-state index in [4.69, 9.17) is 0 Å². The van der Waals surface area contributed by atoms with E-state index in [2.05, 4.69) is 10.6 Å². The number of nitrogens with one attached hydrogen (secondary N) is 2. The molecule has 20 heavy (non-hydrogen) atoms. The summed E-state index contributed by atoms with van der Waals surface area (Å²) >= 11 is 0. The minimum absolute atomic E-state index is 0.306. The summed E-state index contributed by atoms with van der Waals surface area (Å²) in [6.45, 7) is 1.98. The van der Waals surface area contributed by atoms with Crippen molar-refractivity contribution < 1.29 is 9.59 Å². The molecule has 4 rings (SSSR count). The predicted octanol–water partition coefficient (Wildman–Crippen LogP) is 2.06. The van der Waals surface area contributed by atoms with E-state index in [0.29, 0.717) is 0 Å². The molecule has 0 aromatic heterocycles. The zero-order chi connectivity index (χ0) is 13.9. The number of fused-ring (bicyclic) bond motifs is 5. The highest BCUT2D eigenvalue weighted by Crippen LogP contribution is 2.48. The molecule has 2 aromatic carbocycles. The van der Waals surface area contributed by atoms with Crippen molar-refractivity contribution in [1.29, 1.82) is 0 Å². The molecule has 1 aliphatic heterocycles. The smallest absolute Gasteiger partial charge is 0.316 e. The standard InChI is InChI=1S/C16H12N2O2/c1-9-6-7-11-10-4-2-3-5-12(10)16(13(11)8-9)14(19)17-15(20)18-16/h2-8H,1H3,(H2,17,18,19,20). The maximum absolute atomic E-state index is 12.5. The van der Waals surface area contributed by atoms with Crippen molar-refractivity contribution in [2.45, 2.75) is 12.5 Å². The van der Waals surface area contributed by atoms with Crippen LogP contribution in [-0.4, -0.2) is 11.9 Å². The second kappa shape index (κ2) is 3.48. The van der Waals surface area contributed by atoms with Crippen LogP contribution in [0.15, 0.2) is 42.5 Å². The lowest BCUT2D eigenvalue weighted by Gasteiger charge is -2.23. The van der Waals surface area contributed by atoms with Gasteiger partial charge in [-0.2, -0.15) is 0 Å². The largest absolute Gasteiger partial charge is 0.322 e. The summed E-state index contributed by atoms with van der Waals surface area (Å²) in [6.07, 6.45) is 0. The summed E-state index contributed by atoms with van der Waals surface area (Å²) in [4.78, 5) is 24.1. The molecule has 1 heterocycles. The molecule has 2 aliphatic rings. The fourth-order valence-electron chi connectivity index (χ4n) is 3.23. The van der Waals surface area contributed by atoms with Gasteiger partial charge < -0.3 is 5.32 Å². The Hall–Kier alpha value is -2.62. The minimum atomic E-state index is -1.07. The molecule has 1 unspecified atom stereocenters. The first-order valence-electron chi connectivity index (χ1n) is 6.47. The van der Waals surface area contributed by atoms with Crippen LogP contribution < -0.4 is 10.6 Å². The van der Waals surface area contributed by atoms with Gasteiger partial charge >= 0.3 is 6.03 Å². The van der Waals surface area contributed by atoms with E-state index in [1.165, 1.54) is 0 Å². The van der Waals surface area contributed by atoms with Crippen molar-refractivity contribution in [3.63, 3.8) is 0 Å². The summed E-state index contributed by atoms with van der Waals surface area (Å²) in [5, 5.41) is 5.18. The van der Waals surface area contributed by atoms with Gasteiger partial charge in [0.15, 0.2) is 5.54 Å². The topological polar surface area (TPSA) is 58.2 Å². The normalized spacial score (nSPS) is 22.4. The number of carbonyl (C=O) groups is 2. The number of rotatable bonds is 0. The first-order valence-corrected chi connectivity index (χ1v) is 6.47. The Kier molecular flexibility index (Phi) is 1.95. The highest BCUT2D eigenvalue weighted by atomic mass is 16.2. The zero-order valence-electron chi connectivity index (χ0n) is 10.9. The van der Waals surface area contributed by atoms with E-state index < -0.39 is 11.6 Å². The number of benzene rings is 2. The van der Waals surface area contributed by atoms with Crippen LogP contribution in [0.5, 0.6) is 0 Å². The van der Waals surface area contributed by atoms with Gasteiger partial charge in [0.1, 0.15) is 0 Å². The van der Waals surface area contributed by atoms with E-state index in [1.54, 1.807) is 0 Å². The molecule has 1 atom stereocenters. The Morgan fingerprint density at radius 1 is 0.950 bits per heavy atom. The number of urea groups is 1. The third-order valence-corrected chi connectivity index (χ3v) is 4.07. The second-order valence-electron chi connectivity index (χ2n) is 5.25. The number of hydrogen-bond acceptors (Lipinski definition) is 2. The Morgan fingerprint density at radius 3 is 2.45 bits per heavy atom. The van der Waals surface area contributed by atoms with Crippen LogP contribution in [0.4, 0.5) is 4.79 Å². The maximum Gasteiger partial charge on any atom is 0.322 e. The summed E-state index contributed by atoms with van der Waals surface area (Å²) in [7, 11) is 0. The van der Waals surface area contributed by atoms with Crippen molar-refractivity contribution in [2.24, 2.45) is 0 Å². The van der Waals surface area contributed by atoms with E-state index in [0.717, 1.165) is 27.8 Å². The van der Waals surface area contributed by atoms with Gasteiger partial charge in [0, 0.05) is 0 Å². The molecule has 2 aromatic rings. The van der Waals surface area contributed by atoms with E-state index in [-0.39, 0.29) is 5.91 Å². The summed E-state index contributed by atoms with van der Waals surface area (Å²) < 4.78 is 0. The molecule has 1 saturated heterocycles. The third-order valence-electron chi connectivity index (χ3n) is 4.07. The molecule has 2 N–H and O–H groups in total. The first kappa shape index (κ1) is 11.2. The zero-order valence-corrected chi connectivity index (χ0v) is 10.9. The van der Waals surface area contributed by atoms with Crippen LogP contribution in [0, 0.1) is 6.92 Å². The molecule has 4 heteroatoms. The number of hydrogen-bond donors (Lipinski definition) is 2. The van der Waals surface area contributed by atoms with Gasteiger partial charge in [-0.25, -0.2) is 4.79 Å². The summed E-state index contributed by atoms with van der Waals surface area (Å²) in [6, 6.07) is 13.3. The van der Waals surface area contributed by atoms with Gasteiger partial charge in [0.05, 0.1) is 0 Å². The van der Waals surface area contributed by atoms with Gasteiger partial charge in [-0.3, -0.25) is 10.1 Å². The molecule has 0 bridgehead atoms. The van der Waals surface area contributed by atoms with Gasteiger partial charge in [-0.05, 0) is 29.2 Å². The molecule has 98 valence electrons. The molecule has 0 radical (unpaired) electrons. The molecule has 1 fully saturated rings. The van der Waals surface area contributed by atoms with Gasteiger partial charge in [0.2, 0.25) is 0 Å². The number of imide groups is 1. The van der Waals surface area contributed by atoms with Gasteiger partial charge in [0.25, 0.3) is 5.91 Å². The molecular formula is C16H12N2O2. The lowest BCUT2D eigenvalue weighted by atomic mass is 9.87. The Balaban J connectivity index is 2.12. The highest BCUT2D eigenvalue weighted by molar-refractivity contribution is 6.13. The minimum Gasteiger partial charge on any atom is -0.316 e. The lowest BCUT2D eigenvalue weighted by molar-refractivity contribution is -0.122. The third kappa shape index (κ3) is 1.16. The van der Waals surface area contributed by atoms with Crippen LogP contribution >= 0.6 is 0 Å². The van der Waals surface area contributed by atoms with Crippen molar-refractivity contribution in [2.75, 3.05) is 0 Å². The number of carbonyl (C=O) groups excluding carboxylic acids is 2. The van der Waals surface area contributed by atoms with Crippen molar-refractivity contribution in [3.05, 3.63) is 59.2 Å². The average Bonchev–Trinajstić information content (AvgIpc) is 2.88. The number of amides is 3. The Bertz CT molecular complexity index is 782. The fourth-order valence-corrected chi connectivity index (χ4v) is 3.23. The SMILES string of the molecule is Cc1ccc2c(c1)C1(NC(=O)NC1=O)c1ccccc1-2. The maximum atomic E-state index is 12.5. The molecule has 0 saturated carbocycles. The lowest BCUT2D eigenvalue weighted by Crippen LogP contribution is -2.43. The molecule has 3 amide bonds. The van der Waals surface area contributed by atoms with Crippen molar-refractivity contribution in [1.82, 2.24) is 10.6 Å². The van der Waals surface area contributed by atoms with Crippen LogP contribution in [0.25, 0.3) is 11.1 Å². The predicted molar refractivity (Wildman–Crippen MR) is 74.1 cm³/mol. The average molecular weight is 264 g/mol. The molecule has 1 aliphatic carbocycles. The Labute approximate surface area is 115 Å². The van der Waals surface area contributed by atoms with Crippen LogP contribution in [-0.2, 0) is 10.3 Å². The van der Waals surface area contributed by atoms with Gasteiger partial charge in [-0.1, -0.05) is 48.0 Å². The fraction of sp³-hybridized carbons (Fsp3) is 0.125. The molecule has 4 nitrogen and oxygen atoms in total. The van der Waals surface area contributed by atoms with Crippen LogP contribution in [0.2, 0.25) is 0 Å². The number of aryl methyl sites for hydroxylation is 1. The van der Waals surface area contributed by atoms with Crippen LogP contribution in [0.1, 0.15) is 16.7 Å². The molecule has 1 spiro atoms. The van der Waals surface area contributed by atoms with E-state index in [1.807, 2.05) is 49.4 Å². The van der Waals surface area contributed by atoms with Crippen LogP contribution in [0.3, 0.4) is 0 Å². The van der Waals surface area contributed by atoms with E-state index >= 15 is 0 Å². The highest BCUT2D eigenvalue weighted by Gasteiger charge is 2.54. The summed E-state index contributed by atoms with van der Waals surface area (Å²) in [5.74, 6) is -0.306.